The summed E-state index contributed by atoms with van der Waals surface area (Å²) in [7, 11) is 3.99. The van der Waals surface area contributed by atoms with Gasteiger partial charge in [-0.05, 0) is 76.9 Å². The third kappa shape index (κ3) is 3.56. The van der Waals surface area contributed by atoms with Crippen LogP contribution in [0, 0.1) is 0 Å². The van der Waals surface area contributed by atoms with Crippen molar-refractivity contribution in [2.24, 2.45) is 0 Å². The number of benzene rings is 2. The van der Waals surface area contributed by atoms with Gasteiger partial charge in [0.1, 0.15) is 0 Å². The normalized spacial score (nSPS) is 14.7. The van der Waals surface area contributed by atoms with Crippen molar-refractivity contribution < 1.29 is 9.90 Å². The molecule has 0 heterocycles. The summed E-state index contributed by atoms with van der Waals surface area (Å²) >= 11 is 1.72. The third-order valence-electron chi connectivity index (χ3n) is 4.75. The van der Waals surface area contributed by atoms with Gasteiger partial charge in [0.15, 0.2) is 0 Å². The molecule has 0 saturated heterocycles. The third-order valence-corrected chi connectivity index (χ3v) is 5.49. The van der Waals surface area contributed by atoms with E-state index in [1.165, 1.54) is 4.90 Å². The van der Waals surface area contributed by atoms with E-state index in [1.807, 2.05) is 25.9 Å². The van der Waals surface area contributed by atoms with E-state index in [2.05, 4.69) is 54.8 Å². The molecular weight excluding hydrogens is 342 g/mol. The second kappa shape index (κ2) is 7.42. The van der Waals surface area contributed by atoms with Gasteiger partial charge in [-0.1, -0.05) is 18.2 Å². The van der Waals surface area contributed by atoms with Gasteiger partial charge < -0.3 is 10.0 Å². The van der Waals surface area contributed by atoms with Gasteiger partial charge in [-0.2, -0.15) is 0 Å². The summed E-state index contributed by atoms with van der Waals surface area (Å²) in [6.45, 7) is 2.02. The maximum Gasteiger partial charge on any atom is 0.307 e. The minimum Gasteiger partial charge on any atom is -0.481 e. The van der Waals surface area contributed by atoms with Crippen molar-refractivity contribution in [3.05, 3.63) is 64.7 Å². The highest BCUT2D eigenvalue weighted by Gasteiger charge is 2.25. The summed E-state index contributed by atoms with van der Waals surface area (Å²) in [6.07, 6.45) is 4.26. The summed E-state index contributed by atoms with van der Waals surface area (Å²) in [5.74, 6) is -0.800. The Morgan fingerprint density at radius 2 is 1.81 bits per heavy atom. The minimum atomic E-state index is -0.800. The van der Waals surface area contributed by atoms with Crippen LogP contribution in [0.5, 0.6) is 0 Å². The van der Waals surface area contributed by atoms with Gasteiger partial charge in [0.2, 0.25) is 0 Å². The Labute approximate surface area is 159 Å². The summed E-state index contributed by atoms with van der Waals surface area (Å²) < 4.78 is 0. The van der Waals surface area contributed by atoms with Gasteiger partial charge >= 0.3 is 5.97 Å². The molecule has 2 aromatic rings. The number of nitrogens with zero attached hydrogens (tertiary/aromatic N) is 1. The zero-order chi connectivity index (χ0) is 18.8. The van der Waals surface area contributed by atoms with E-state index in [4.69, 9.17) is 0 Å². The van der Waals surface area contributed by atoms with E-state index in [0.717, 1.165) is 39.1 Å². The Kier molecular flexibility index (Phi) is 5.23. The predicted octanol–water partition coefficient (Wildman–Crippen LogP) is 5.28. The number of allylic oxidation sites excluding steroid dienone is 2. The number of carboxylic acids is 1. The number of rotatable bonds is 5. The largest absolute Gasteiger partial charge is 0.481 e. The van der Waals surface area contributed by atoms with Crippen molar-refractivity contribution in [3.63, 3.8) is 0 Å². The number of fused-ring (bicyclic) bond motifs is 1. The summed E-state index contributed by atoms with van der Waals surface area (Å²) in [5.41, 5.74) is 7.40. The first-order valence-electron chi connectivity index (χ1n) is 8.50. The fourth-order valence-corrected chi connectivity index (χ4v) is 3.70. The molecule has 0 saturated carbocycles. The van der Waals surface area contributed by atoms with Crippen LogP contribution in [-0.2, 0) is 4.79 Å². The molecule has 0 atom stereocenters. The van der Waals surface area contributed by atoms with Gasteiger partial charge in [0, 0.05) is 24.7 Å². The lowest BCUT2D eigenvalue weighted by molar-refractivity contribution is -0.135. The molecule has 0 spiro atoms. The van der Waals surface area contributed by atoms with Gasteiger partial charge in [-0.3, -0.25) is 4.79 Å². The van der Waals surface area contributed by atoms with Crippen molar-refractivity contribution in [2.75, 3.05) is 25.3 Å². The van der Waals surface area contributed by atoms with Crippen molar-refractivity contribution in [2.45, 2.75) is 18.2 Å². The number of carbonyl (C=O) groups is 1. The highest BCUT2D eigenvalue weighted by molar-refractivity contribution is 7.98. The predicted molar refractivity (Wildman–Crippen MR) is 112 cm³/mol. The summed E-state index contributed by atoms with van der Waals surface area (Å²) in [6, 6.07) is 14.7. The van der Waals surface area contributed by atoms with Crippen LogP contribution < -0.4 is 4.90 Å². The average Bonchev–Trinajstić information content (AvgIpc) is 2.87. The van der Waals surface area contributed by atoms with E-state index in [9.17, 15) is 9.90 Å². The highest BCUT2D eigenvalue weighted by atomic mass is 32.2. The van der Waals surface area contributed by atoms with Crippen LogP contribution >= 0.6 is 11.8 Å². The molecule has 0 radical (unpaired) electrons. The van der Waals surface area contributed by atoms with Crippen molar-refractivity contribution in [3.8, 4) is 0 Å². The van der Waals surface area contributed by atoms with Crippen LogP contribution in [0.2, 0.25) is 0 Å². The van der Waals surface area contributed by atoms with Gasteiger partial charge in [-0.15, -0.1) is 11.8 Å². The number of anilines is 1. The highest BCUT2D eigenvalue weighted by Crippen LogP contribution is 2.44. The average molecular weight is 365 g/mol. The van der Waals surface area contributed by atoms with Crippen LogP contribution in [0.25, 0.3) is 17.2 Å². The fourth-order valence-electron chi connectivity index (χ4n) is 3.29. The summed E-state index contributed by atoms with van der Waals surface area (Å²) in [4.78, 5) is 14.7. The lowest BCUT2D eigenvalue weighted by Gasteiger charge is -2.15. The van der Waals surface area contributed by atoms with E-state index in [-0.39, 0.29) is 6.42 Å². The molecule has 1 aliphatic carbocycles. The first-order valence-corrected chi connectivity index (χ1v) is 9.73. The Morgan fingerprint density at radius 3 is 2.38 bits per heavy atom. The molecule has 134 valence electrons. The topological polar surface area (TPSA) is 40.5 Å². The van der Waals surface area contributed by atoms with Gasteiger partial charge in [0.25, 0.3) is 0 Å². The zero-order valence-corrected chi connectivity index (χ0v) is 16.4. The SMILES string of the molecule is CSc1ccc(/C=C2\C(C)=C(CC(=O)O)c3cc(N(C)C)ccc32)cc1. The molecule has 26 heavy (non-hydrogen) atoms. The van der Waals surface area contributed by atoms with Gasteiger partial charge in [0.05, 0.1) is 6.42 Å². The molecule has 0 aliphatic heterocycles. The standard InChI is InChI=1S/C22H23NO2S/c1-14-19(11-15-5-8-17(26-4)9-6-15)18-10-7-16(23(2)3)12-21(18)20(14)13-22(24)25/h5-12H,13H2,1-4H3,(H,24,25)/b19-11+. The molecule has 0 unspecified atom stereocenters. The van der Waals surface area contributed by atoms with E-state index >= 15 is 0 Å². The van der Waals surface area contributed by atoms with Crippen LogP contribution in [0.4, 0.5) is 5.69 Å². The Balaban J connectivity index is 2.12. The maximum atomic E-state index is 11.4. The number of thioether (sulfide) groups is 1. The molecule has 3 nitrogen and oxygen atoms in total. The Bertz CT molecular complexity index is 908. The zero-order valence-electron chi connectivity index (χ0n) is 15.5. The molecule has 4 heteroatoms. The molecule has 2 aromatic carbocycles. The first kappa shape index (κ1) is 18.3. The monoisotopic (exact) mass is 365 g/mol. The van der Waals surface area contributed by atoms with Crippen molar-refractivity contribution in [1.29, 1.82) is 0 Å². The molecular formula is C22H23NO2S. The van der Waals surface area contributed by atoms with Gasteiger partial charge in [-0.25, -0.2) is 0 Å². The quantitative estimate of drug-likeness (QED) is 0.732. The number of aliphatic carboxylic acids is 1. The maximum absolute atomic E-state index is 11.4. The second-order valence-electron chi connectivity index (χ2n) is 6.63. The van der Waals surface area contributed by atoms with Crippen molar-refractivity contribution >= 4 is 40.6 Å². The number of hydrogen-bond acceptors (Lipinski definition) is 3. The van der Waals surface area contributed by atoms with E-state index < -0.39 is 5.97 Å². The van der Waals surface area contributed by atoms with Crippen LogP contribution in [0.3, 0.4) is 0 Å². The smallest absolute Gasteiger partial charge is 0.307 e. The van der Waals surface area contributed by atoms with E-state index in [0.29, 0.717) is 0 Å². The Hall–Kier alpha value is -2.46. The van der Waals surface area contributed by atoms with Crippen LogP contribution in [0.1, 0.15) is 30.0 Å². The first-order chi connectivity index (χ1) is 12.4. The molecule has 3 rings (SSSR count). The summed E-state index contributed by atoms with van der Waals surface area (Å²) in [5, 5.41) is 9.36. The van der Waals surface area contributed by atoms with Crippen LogP contribution in [0.15, 0.2) is 52.9 Å². The fraction of sp³-hybridized carbons (Fsp3) is 0.227. The molecule has 1 aliphatic rings. The van der Waals surface area contributed by atoms with Crippen molar-refractivity contribution in [1.82, 2.24) is 0 Å². The lowest BCUT2D eigenvalue weighted by Crippen LogP contribution is -2.09. The number of carboxylic acid groups (broad SMARTS) is 1. The molecule has 0 bridgehead atoms. The lowest BCUT2D eigenvalue weighted by atomic mass is 10.00. The molecule has 0 aromatic heterocycles. The molecule has 1 N–H and O–H groups in total. The minimum absolute atomic E-state index is 0.0401. The molecule has 0 amide bonds. The number of hydrogen-bond donors (Lipinski definition) is 1. The second-order valence-corrected chi connectivity index (χ2v) is 7.51. The van der Waals surface area contributed by atoms with Crippen LogP contribution in [-0.4, -0.2) is 31.4 Å². The van der Waals surface area contributed by atoms with E-state index in [1.54, 1.807) is 11.8 Å². The Morgan fingerprint density at radius 1 is 1.12 bits per heavy atom. The molecule has 0 fully saturated rings.